The molecule has 4 rings (SSSR count). The first-order valence-corrected chi connectivity index (χ1v) is 10.1. The molecule has 0 atom stereocenters. The topological polar surface area (TPSA) is 0 Å². The highest BCUT2D eigenvalue weighted by molar-refractivity contribution is 8.02. The molecule has 0 amide bonds. The molecular weight excluding hydrogens is 300 g/mol. The summed E-state index contributed by atoms with van der Waals surface area (Å²) < 4.78 is 0. The summed E-state index contributed by atoms with van der Waals surface area (Å²) in [4.78, 5) is 0. The average Bonchev–Trinajstić information content (AvgIpc) is 3.15. The van der Waals surface area contributed by atoms with Crippen LogP contribution < -0.4 is 10.4 Å². The van der Waals surface area contributed by atoms with Gasteiger partial charge in [0.2, 0.25) is 0 Å². The van der Waals surface area contributed by atoms with Crippen molar-refractivity contribution in [3.8, 4) is 0 Å². The maximum atomic E-state index is 2.49. The SMILES string of the molecule is C1=C(C=[Si](c2ccccc2)c2ccccc2)C=C2CSC=C12. The summed E-state index contributed by atoms with van der Waals surface area (Å²) in [5.41, 5.74) is 6.77. The van der Waals surface area contributed by atoms with Crippen molar-refractivity contribution in [1.29, 1.82) is 0 Å². The Bertz CT molecular complexity index is 770. The third-order valence-electron chi connectivity index (χ3n) is 3.96. The van der Waals surface area contributed by atoms with Crippen LogP contribution in [0.4, 0.5) is 0 Å². The van der Waals surface area contributed by atoms with E-state index in [1.807, 2.05) is 11.8 Å². The maximum Gasteiger partial charge on any atom is 0.0806 e. The number of fused-ring (bicyclic) bond motifs is 1. The first-order chi connectivity index (χ1) is 10.9. The molecule has 1 heterocycles. The first kappa shape index (κ1) is 13.7. The van der Waals surface area contributed by atoms with E-state index in [1.54, 1.807) is 0 Å². The molecular formula is C20H16SSi. The van der Waals surface area contributed by atoms with Gasteiger partial charge in [-0.2, -0.15) is 0 Å². The minimum atomic E-state index is -0.885. The first-order valence-electron chi connectivity index (χ1n) is 7.47. The molecule has 0 spiro atoms. The quantitative estimate of drug-likeness (QED) is 0.784. The molecule has 0 bridgehead atoms. The van der Waals surface area contributed by atoms with E-state index in [0.717, 1.165) is 5.75 Å². The van der Waals surface area contributed by atoms with Crippen LogP contribution in [0.15, 0.2) is 94.9 Å². The van der Waals surface area contributed by atoms with Crippen molar-refractivity contribution in [1.82, 2.24) is 0 Å². The smallest absolute Gasteiger partial charge is 0.0806 e. The maximum absolute atomic E-state index is 2.49. The van der Waals surface area contributed by atoms with Crippen molar-refractivity contribution in [2.24, 2.45) is 0 Å². The third-order valence-corrected chi connectivity index (χ3v) is 7.39. The molecule has 0 radical (unpaired) electrons. The molecule has 0 saturated heterocycles. The molecule has 2 heteroatoms. The monoisotopic (exact) mass is 316 g/mol. The zero-order valence-corrected chi connectivity index (χ0v) is 14.0. The fourth-order valence-corrected chi connectivity index (χ4v) is 6.05. The van der Waals surface area contributed by atoms with Crippen molar-refractivity contribution in [3.63, 3.8) is 0 Å². The van der Waals surface area contributed by atoms with Crippen molar-refractivity contribution < 1.29 is 0 Å². The molecule has 1 aliphatic carbocycles. The van der Waals surface area contributed by atoms with Gasteiger partial charge in [0.05, 0.1) is 8.41 Å². The lowest BCUT2D eigenvalue weighted by molar-refractivity contribution is 1.54. The van der Waals surface area contributed by atoms with Crippen LogP contribution in [-0.4, -0.2) is 19.8 Å². The van der Waals surface area contributed by atoms with Gasteiger partial charge in [0.1, 0.15) is 0 Å². The Morgan fingerprint density at radius 2 is 1.45 bits per heavy atom. The van der Waals surface area contributed by atoms with Gasteiger partial charge in [-0.25, -0.2) is 0 Å². The molecule has 0 nitrogen and oxygen atoms in total. The number of thioether (sulfide) groups is 1. The van der Waals surface area contributed by atoms with Crippen molar-refractivity contribution in [3.05, 3.63) is 94.9 Å². The molecule has 22 heavy (non-hydrogen) atoms. The van der Waals surface area contributed by atoms with Crippen LogP contribution in [0.25, 0.3) is 0 Å². The highest BCUT2D eigenvalue weighted by Crippen LogP contribution is 2.33. The van der Waals surface area contributed by atoms with E-state index in [4.69, 9.17) is 0 Å². The van der Waals surface area contributed by atoms with Gasteiger partial charge in [-0.15, -0.1) is 11.8 Å². The fraction of sp³-hybridized carbons (Fsp3) is 0.0500. The molecule has 0 saturated carbocycles. The van der Waals surface area contributed by atoms with E-state index in [-0.39, 0.29) is 0 Å². The van der Waals surface area contributed by atoms with Crippen LogP contribution in [0.5, 0.6) is 0 Å². The molecule has 0 unspecified atom stereocenters. The second kappa shape index (κ2) is 6.07. The Morgan fingerprint density at radius 1 is 0.818 bits per heavy atom. The second-order valence-corrected chi connectivity index (χ2v) is 8.62. The van der Waals surface area contributed by atoms with E-state index in [0.29, 0.717) is 0 Å². The lowest BCUT2D eigenvalue weighted by Crippen LogP contribution is -2.36. The number of benzene rings is 2. The van der Waals surface area contributed by atoms with Gasteiger partial charge < -0.3 is 0 Å². The second-order valence-electron chi connectivity index (χ2n) is 5.49. The Kier molecular flexibility index (Phi) is 3.79. The van der Waals surface area contributed by atoms with Gasteiger partial charge in [0.25, 0.3) is 0 Å². The standard InChI is InChI=1S/C20H16SSi/c1-3-7-19(8-4-1)22(20-9-5-2-6-10-20)15-16-11-17-13-21-14-18(17)12-16/h1-13,15H,14H2. The number of hydrogen-bond donors (Lipinski definition) is 0. The van der Waals surface area contributed by atoms with Crippen molar-refractivity contribution in [2.45, 2.75) is 0 Å². The van der Waals surface area contributed by atoms with Crippen LogP contribution in [0, 0.1) is 0 Å². The predicted octanol–water partition coefficient (Wildman–Crippen LogP) is 3.18. The largest absolute Gasteiger partial charge is 0.129 e. The number of rotatable bonds is 3. The molecule has 0 aromatic heterocycles. The Hall–Kier alpha value is -1.90. The summed E-state index contributed by atoms with van der Waals surface area (Å²) in [5, 5.41) is 5.17. The molecule has 106 valence electrons. The van der Waals surface area contributed by atoms with Crippen LogP contribution >= 0.6 is 11.8 Å². The zero-order valence-electron chi connectivity index (χ0n) is 12.2. The Balaban J connectivity index is 1.80. The van der Waals surface area contributed by atoms with Crippen LogP contribution in [0.1, 0.15) is 0 Å². The van der Waals surface area contributed by atoms with E-state index in [1.165, 1.54) is 27.1 Å². The van der Waals surface area contributed by atoms with Crippen LogP contribution in [0.3, 0.4) is 0 Å². The summed E-state index contributed by atoms with van der Waals surface area (Å²) in [6.07, 6.45) is 4.70. The molecule has 1 aliphatic heterocycles. The summed E-state index contributed by atoms with van der Waals surface area (Å²) in [5.74, 6) is 1.13. The average molecular weight is 317 g/mol. The van der Waals surface area contributed by atoms with Gasteiger partial charge in [-0.1, -0.05) is 72.4 Å². The molecule has 2 aromatic rings. The van der Waals surface area contributed by atoms with Gasteiger partial charge in [-0.3, -0.25) is 0 Å². The fourth-order valence-electron chi connectivity index (χ4n) is 2.87. The lowest BCUT2D eigenvalue weighted by Gasteiger charge is -2.07. The third kappa shape index (κ3) is 2.72. The molecule has 0 N–H and O–H groups in total. The van der Waals surface area contributed by atoms with Crippen molar-refractivity contribution >= 4 is 36.2 Å². The Labute approximate surface area is 137 Å². The zero-order chi connectivity index (χ0) is 14.8. The molecule has 2 aliphatic rings. The summed E-state index contributed by atoms with van der Waals surface area (Å²) in [6.45, 7) is 0. The van der Waals surface area contributed by atoms with Gasteiger partial charge in [0.15, 0.2) is 0 Å². The number of allylic oxidation sites excluding steroid dienone is 4. The summed E-state index contributed by atoms with van der Waals surface area (Å²) in [7, 11) is -0.885. The van der Waals surface area contributed by atoms with E-state index >= 15 is 0 Å². The Morgan fingerprint density at radius 3 is 2.05 bits per heavy atom. The van der Waals surface area contributed by atoms with Crippen molar-refractivity contribution in [2.75, 3.05) is 5.75 Å². The van der Waals surface area contributed by atoms with Crippen LogP contribution in [-0.2, 0) is 0 Å². The van der Waals surface area contributed by atoms with Gasteiger partial charge >= 0.3 is 0 Å². The van der Waals surface area contributed by atoms with E-state index in [2.05, 4.69) is 83.9 Å². The predicted molar refractivity (Wildman–Crippen MR) is 101 cm³/mol. The minimum Gasteiger partial charge on any atom is -0.129 e. The van der Waals surface area contributed by atoms with Crippen LogP contribution in [0.2, 0.25) is 0 Å². The summed E-state index contributed by atoms with van der Waals surface area (Å²) in [6, 6.07) is 21.8. The summed E-state index contributed by atoms with van der Waals surface area (Å²) >= 11 is 1.90. The van der Waals surface area contributed by atoms with Gasteiger partial charge in [-0.05, 0) is 38.6 Å². The van der Waals surface area contributed by atoms with E-state index < -0.39 is 8.41 Å². The normalized spacial score (nSPS) is 15.7. The van der Waals surface area contributed by atoms with E-state index in [9.17, 15) is 0 Å². The lowest BCUT2D eigenvalue weighted by atomic mass is 10.2. The highest BCUT2D eigenvalue weighted by atomic mass is 32.2. The number of hydrogen-bond acceptors (Lipinski definition) is 1. The highest BCUT2D eigenvalue weighted by Gasteiger charge is 2.16. The molecule has 2 aromatic carbocycles. The molecule has 0 fully saturated rings. The minimum absolute atomic E-state index is 0.885. The van der Waals surface area contributed by atoms with Gasteiger partial charge in [0, 0.05) is 5.75 Å².